The second-order valence-corrected chi connectivity index (χ2v) is 6.46. The second-order valence-electron chi connectivity index (χ2n) is 6.46. The molecule has 0 spiro atoms. The number of amides is 1. The van der Waals surface area contributed by atoms with Gasteiger partial charge in [0.05, 0.1) is 6.61 Å². The number of nitrogens with one attached hydrogen (secondary N) is 1. The highest BCUT2D eigenvalue weighted by molar-refractivity contribution is 5.81. The third-order valence-electron chi connectivity index (χ3n) is 4.43. The van der Waals surface area contributed by atoms with Crippen molar-refractivity contribution in [1.82, 2.24) is 5.32 Å². The van der Waals surface area contributed by atoms with Crippen molar-refractivity contribution in [1.29, 1.82) is 0 Å². The van der Waals surface area contributed by atoms with Gasteiger partial charge in [-0.2, -0.15) is 0 Å². The average molecular weight is 379 g/mol. The summed E-state index contributed by atoms with van der Waals surface area (Å²) in [6, 6.07) is 5.12. The quantitative estimate of drug-likeness (QED) is 0.518. The Hall–Kier alpha value is -2.46. The number of aliphatic hydroxyl groups excluding tert-OH is 3. The van der Waals surface area contributed by atoms with E-state index in [4.69, 9.17) is 13.9 Å². The molecule has 0 radical (unpaired) electrons. The topological polar surface area (TPSA) is 138 Å². The van der Waals surface area contributed by atoms with E-state index in [0.29, 0.717) is 5.58 Å². The molecule has 0 bridgehead atoms. The van der Waals surface area contributed by atoms with Gasteiger partial charge >= 0.3 is 5.63 Å². The SMILES string of the molecule is CC(=O)N[C@@H]1[C@@H](Oc2ccc3c(C)cc(=O)oc3c2)O[C@H](CO)[C@H](O)[C@@H]1O. The van der Waals surface area contributed by atoms with Gasteiger partial charge in [0.2, 0.25) is 12.2 Å². The lowest BCUT2D eigenvalue weighted by molar-refractivity contribution is -0.244. The summed E-state index contributed by atoms with van der Waals surface area (Å²) in [6.45, 7) is 2.48. The van der Waals surface area contributed by atoms with E-state index >= 15 is 0 Å². The predicted molar refractivity (Wildman–Crippen MR) is 93.2 cm³/mol. The summed E-state index contributed by atoms with van der Waals surface area (Å²) in [6.07, 6.45) is -5.08. The number of carbonyl (C=O) groups is 1. The number of rotatable bonds is 4. The Kier molecular flexibility index (Phi) is 5.47. The van der Waals surface area contributed by atoms with E-state index in [2.05, 4.69) is 5.32 Å². The summed E-state index contributed by atoms with van der Waals surface area (Å²) in [7, 11) is 0. The number of ether oxygens (including phenoxy) is 2. The van der Waals surface area contributed by atoms with Gasteiger partial charge in [-0.25, -0.2) is 4.79 Å². The normalized spacial score (nSPS) is 28.1. The van der Waals surface area contributed by atoms with Gasteiger partial charge in [0, 0.05) is 24.4 Å². The molecule has 0 aliphatic carbocycles. The Morgan fingerprint density at radius 1 is 1.26 bits per heavy atom. The lowest BCUT2D eigenvalue weighted by atomic mass is 9.97. The summed E-state index contributed by atoms with van der Waals surface area (Å²) in [5, 5.41) is 32.9. The molecule has 0 saturated carbocycles. The second kappa shape index (κ2) is 7.65. The maximum Gasteiger partial charge on any atom is 0.336 e. The van der Waals surface area contributed by atoms with Crippen molar-refractivity contribution in [3.63, 3.8) is 0 Å². The zero-order valence-electron chi connectivity index (χ0n) is 14.8. The monoisotopic (exact) mass is 379 g/mol. The maximum atomic E-state index is 11.6. The molecule has 1 fully saturated rings. The fraction of sp³-hybridized carbons (Fsp3) is 0.444. The van der Waals surface area contributed by atoms with Crippen LogP contribution in [0.5, 0.6) is 5.75 Å². The Bertz CT molecular complexity index is 895. The maximum absolute atomic E-state index is 11.6. The molecule has 9 nitrogen and oxygen atoms in total. The molecule has 9 heteroatoms. The number of aliphatic hydroxyl groups is 3. The van der Waals surface area contributed by atoms with Crippen LogP contribution in [0, 0.1) is 6.92 Å². The summed E-state index contributed by atoms with van der Waals surface area (Å²) >= 11 is 0. The Morgan fingerprint density at radius 3 is 2.67 bits per heavy atom. The van der Waals surface area contributed by atoms with E-state index in [-0.39, 0.29) is 5.75 Å². The molecule has 1 aromatic carbocycles. The first-order valence-corrected chi connectivity index (χ1v) is 8.41. The van der Waals surface area contributed by atoms with Crippen LogP contribution in [0.15, 0.2) is 33.5 Å². The standard InChI is InChI=1S/C18H21NO8/c1-8-5-14(22)26-12-6-10(3-4-11(8)12)25-18-15(19-9(2)21)17(24)16(23)13(7-20)27-18/h3-6,13,15-18,20,23-24H,7H2,1-2H3,(H,19,21)/t13-,15+,16+,17-,18+/m1/s1. The highest BCUT2D eigenvalue weighted by Gasteiger charge is 2.46. The van der Waals surface area contributed by atoms with Crippen molar-refractivity contribution in [3.05, 3.63) is 40.2 Å². The molecule has 146 valence electrons. The first-order chi connectivity index (χ1) is 12.8. The number of carbonyl (C=O) groups excluding carboxylic acids is 1. The number of aryl methyl sites for hydroxylation is 1. The molecule has 3 rings (SSSR count). The Labute approximate surface area is 154 Å². The molecule has 5 atom stereocenters. The van der Waals surface area contributed by atoms with Crippen molar-refractivity contribution in [2.75, 3.05) is 6.61 Å². The third kappa shape index (κ3) is 3.96. The van der Waals surface area contributed by atoms with Crippen LogP contribution in [0.25, 0.3) is 11.0 Å². The van der Waals surface area contributed by atoms with Gasteiger partial charge in [-0.3, -0.25) is 4.79 Å². The molecule has 27 heavy (non-hydrogen) atoms. The van der Waals surface area contributed by atoms with Crippen molar-refractivity contribution in [2.24, 2.45) is 0 Å². The number of fused-ring (bicyclic) bond motifs is 1. The minimum Gasteiger partial charge on any atom is -0.462 e. The summed E-state index contributed by atoms with van der Waals surface area (Å²) in [4.78, 5) is 23.0. The smallest absolute Gasteiger partial charge is 0.336 e. The van der Waals surface area contributed by atoms with E-state index in [1.54, 1.807) is 19.1 Å². The van der Waals surface area contributed by atoms with E-state index in [9.17, 15) is 24.9 Å². The zero-order valence-corrected chi connectivity index (χ0v) is 14.8. The lowest BCUT2D eigenvalue weighted by Crippen LogP contribution is -2.65. The largest absolute Gasteiger partial charge is 0.462 e. The highest BCUT2D eigenvalue weighted by atomic mass is 16.7. The van der Waals surface area contributed by atoms with Gasteiger partial charge in [-0.1, -0.05) is 0 Å². The molecule has 2 heterocycles. The van der Waals surface area contributed by atoms with Gasteiger partial charge in [0.15, 0.2) is 0 Å². The van der Waals surface area contributed by atoms with Crippen LogP contribution in [0.2, 0.25) is 0 Å². The zero-order chi connectivity index (χ0) is 19.7. The van der Waals surface area contributed by atoms with Crippen molar-refractivity contribution < 1.29 is 34.0 Å². The molecule has 0 unspecified atom stereocenters. The molecule has 1 saturated heterocycles. The third-order valence-corrected chi connectivity index (χ3v) is 4.43. The van der Waals surface area contributed by atoms with E-state index in [1.165, 1.54) is 19.1 Å². The summed E-state index contributed by atoms with van der Waals surface area (Å²) in [5.41, 5.74) is 0.557. The number of hydrogen-bond donors (Lipinski definition) is 4. The van der Waals surface area contributed by atoms with Crippen molar-refractivity contribution in [3.8, 4) is 5.75 Å². The van der Waals surface area contributed by atoms with E-state index < -0.39 is 48.8 Å². The minimum absolute atomic E-state index is 0.261. The van der Waals surface area contributed by atoms with Gasteiger partial charge in [0.1, 0.15) is 35.7 Å². The highest BCUT2D eigenvalue weighted by Crippen LogP contribution is 2.27. The van der Waals surface area contributed by atoms with Crippen LogP contribution in [-0.2, 0) is 9.53 Å². The molecule has 1 aromatic heterocycles. The number of benzene rings is 1. The summed E-state index contributed by atoms with van der Waals surface area (Å²) in [5.74, 6) is -0.192. The van der Waals surface area contributed by atoms with Crippen LogP contribution >= 0.6 is 0 Å². The fourth-order valence-corrected chi connectivity index (χ4v) is 3.08. The van der Waals surface area contributed by atoms with E-state index in [0.717, 1.165) is 10.9 Å². The average Bonchev–Trinajstić information content (AvgIpc) is 2.60. The van der Waals surface area contributed by atoms with Crippen molar-refractivity contribution in [2.45, 2.75) is 44.5 Å². The molecule has 1 aliphatic rings. The Balaban J connectivity index is 1.91. The molecule has 1 aliphatic heterocycles. The van der Waals surface area contributed by atoms with Crippen molar-refractivity contribution >= 4 is 16.9 Å². The van der Waals surface area contributed by atoms with Crippen LogP contribution in [0.3, 0.4) is 0 Å². The Morgan fingerprint density at radius 2 is 2.00 bits per heavy atom. The van der Waals surface area contributed by atoms with Crippen LogP contribution in [0.1, 0.15) is 12.5 Å². The predicted octanol–water partition coefficient (Wildman–Crippen LogP) is -0.576. The van der Waals surface area contributed by atoms with Crippen LogP contribution in [0.4, 0.5) is 0 Å². The van der Waals surface area contributed by atoms with Crippen LogP contribution < -0.4 is 15.7 Å². The molecular weight excluding hydrogens is 358 g/mol. The fourth-order valence-electron chi connectivity index (χ4n) is 3.08. The number of hydrogen-bond acceptors (Lipinski definition) is 8. The lowest BCUT2D eigenvalue weighted by Gasteiger charge is -2.42. The molecular formula is C18H21NO8. The molecule has 1 amide bonds. The van der Waals surface area contributed by atoms with Gasteiger partial charge in [0.25, 0.3) is 0 Å². The first-order valence-electron chi connectivity index (χ1n) is 8.41. The summed E-state index contributed by atoms with van der Waals surface area (Å²) < 4.78 is 16.4. The van der Waals surface area contributed by atoms with Gasteiger partial charge in [-0.05, 0) is 24.6 Å². The van der Waals surface area contributed by atoms with Gasteiger partial charge in [-0.15, -0.1) is 0 Å². The minimum atomic E-state index is -1.41. The molecule has 2 aromatic rings. The molecule has 4 N–H and O–H groups in total. The van der Waals surface area contributed by atoms with Gasteiger partial charge < -0.3 is 34.5 Å². The van der Waals surface area contributed by atoms with Crippen LogP contribution in [-0.4, -0.2) is 58.5 Å². The van der Waals surface area contributed by atoms with E-state index in [1.807, 2.05) is 0 Å². The first kappa shape index (κ1) is 19.3.